The van der Waals surface area contributed by atoms with Crippen LogP contribution in [-0.2, 0) is 9.59 Å². The molecule has 118 valence electrons. The average molecular weight is 284 g/mol. The molecule has 0 aliphatic heterocycles. The normalized spacial score (nSPS) is 8.40. The van der Waals surface area contributed by atoms with Crippen LogP contribution in [0.2, 0.25) is 0 Å². The van der Waals surface area contributed by atoms with E-state index in [4.69, 9.17) is 11.5 Å². The molecule has 0 spiro atoms. The van der Waals surface area contributed by atoms with E-state index in [9.17, 15) is 9.59 Å². The molecule has 0 aliphatic rings. The Kier molecular flexibility index (Phi) is 20.5. The zero-order valence-electron chi connectivity index (χ0n) is 13.6. The van der Waals surface area contributed by atoms with Crippen molar-refractivity contribution in [1.29, 1.82) is 0 Å². The Bertz CT molecular complexity index is 243. The van der Waals surface area contributed by atoms with E-state index in [0.717, 1.165) is 0 Å². The Hall–Kier alpha value is -1.58. The second-order valence-electron chi connectivity index (χ2n) is 4.70. The van der Waals surface area contributed by atoms with Crippen LogP contribution in [0.15, 0.2) is 24.3 Å². The summed E-state index contributed by atoms with van der Waals surface area (Å²) in [6.07, 6.45) is 8.49. The van der Waals surface area contributed by atoms with Gasteiger partial charge in [-0.3, -0.25) is 9.59 Å². The number of hydrogen-bond acceptors (Lipinski definition) is 2. The largest absolute Gasteiger partial charge is 0.366 e. The van der Waals surface area contributed by atoms with E-state index in [0.29, 0.717) is 11.1 Å². The number of rotatable bonds is 7. The maximum absolute atomic E-state index is 9.82. The van der Waals surface area contributed by atoms with Crippen molar-refractivity contribution < 1.29 is 9.59 Å². The lowest BCUT2D eigenvalue weighted by molar-refractivity contribution is -0.115. The van der Waals surface area contributed by atoms with Gasteiger partial charge in [-0.2, -0.15) is 0 Å². The van der Waals surface area contributed by atoms with Gasteiger partial charge in [-0.15, -0.1) is 0 Å². The number of carbonyl (C=O) groups is 2. The lowest BCUT2D eigenvalue weighted by Crippen LogP contribution is -2.10. The van der Waals surface area contributed by atoms with E-state index in [-0.39, 0.29) is 0 Å². The van der Waals surface area contributed by atoms with Crippen LogP contribution in [0.1, 0.15) is 66.2 Å². The topological polar surface area (TPSA) is 86.2 Å². The van der Waals surface area contributed by atoms with Crippen LogP contribution in [-0.4, -0.2) is 11.8 Å². The number of unbranched alkanes of at least 4 members (excludes halogenated alkanes) is 5. The molecule has 0 aliphatic carbocycles. The fourth-order valence-electron chi connectivity index (χ4n) is 0.854. The summed E-state index contributed by atoms with van der Waals surface area (Å²) < 4.78 is 0. The van der Waals surface area contributed by atoms with Crippen molar-refractivity contribution in [3.63, 3.8) is 0 Å². The molecule has 0 saturated heterocycles. The molecule has 4 nitrogen and oxygen atoms in total. The number of carbonyl (C=O) groups excluding carboxylic acids is 2. The Labute approximate surface area is 124 Å². The summed E-state index contributed by atoms with van der Waals surface area (Å²) in [6.45, 7) is 14.2. The molecule has 0 fully saturated rings. The van der Waals surface area contributed by atoms with Gasteiger partial charge in [0, 0.05) is 11.1 Å². The lowest BCUT2D eigenvalue weighted by atomic mass is 10.1. The van der Waals surface area contributed by atoms with Crippen LogP contribution in [0, 0.1) is 0 Å². The summed E-state index contributed by atoms with van der Waals surface area (Å²) in [5.41, 5.74) is 10.2. The van der Waals surface area contributed by atoms with Gasteiger partial charge in [0.1, 0.15) is 0 Å². The molecule has 0 unspecified atom stereocenters. The van der Waals surface area contributed by atoms with Crippen molar-refractivity contribution in [3.8, 4) is 0 Å². The highest BCUT2D eigenvalue weighted by Crippen LogP contribution is 2.03. The first-order valence-corrected chi connectivity index (χ1v) is 7.11. The van der Waals surface area contributed by atoms with E-state index in [2.05, 4.69) is 27.0 Å². The van der Waals surface area contributed by atoms with Crippen LogP contribution < -0.4 is 11.5 Å². The molecular weight excluding hydrogens is 252 g/mol. The fraction of sp³-hybridized carbons (Fsp3) is 0.625. The van der Waals surface area contributed by atoms with Crippen molar-refractivity contribution in [3.05, 3.63) is 24.3 Å². The standard InChI is InChI=1S/C8H18.2C4H7NO/c1-3-5-7-8-6-4-2;2*1-3(2)4(5)6/h3-8H2,1-2H3;2*1H2,2H3,(H2,5,6). The molecule has 0 aromatic carbocycles. The van der Waals surface area contributed by atoms with Gasteiger partial charge in [0.05, 0.1) is 0 Å². The van der Waals surface area contributed by atoms with E-state index >= 15 is 0 Å². The molecule has 0 aromatic heterocycles. The summed E-state index contributed by atoms with van der Waals surface area (Å²) in [6, 6.07) is 0. The van der Waals surface area contributed by atoms with Crippen LogP contribution >= 0.6 is 0 Å². The number of nitrogens with two attached hydrogens (primary N) is 2. The second-order valence-corrected chi connectivity index (χ2v) is 4.70. The van der Waals surface area contributed by atoms with Crippen LogP contribution in [0.3, 0.4) is 0 Å². The van der Waals surface area contributed by atoms with Crippen molar-refractivity contribution in [2.45, 2.75) is 66.2 Å². The quantitative estimate of drug-likeness (QED) is 0.554. The van der Waals surface area contributed by atoms with Crippen molar-refractivity contribution >= 4 is 11.8 Å². The molecule has 4 N–H and O–H groups in total. The number of hydrogen-bond donors (Lipinski definition) is 2. The minimum absolute atomic E-state index is 0.398. The van der Waals surface area contributed by atoms with Crippen LogP contribution in [0.5, 0.6) is 0 Å². The van der Waals surface area contributed by atoms with Gasteiger partial charge in [-0.25, -0.2) is 0 Å². The number of primary amides is 2. The van der Waals surface area contributed by atoms with E-state index < -0.39 is 11.8 Å². The van der Waals surface area contributed by atoms with E-state index in [1.54, 1.807) is 13.8 Å². The third-order valence-electron chi connectivity index (χ3n) is 2.30. The minimum atomic E-state index is -0.435. The van der Waals surface area contributed by atoms with E-state index in [1.165, 1.54) is 38.5 Å². The third-order valence-corrected chi connectivity index (χ3v) is 2.30. The molecule has 0 saturated carbocycles. The molecular formula is C16H32N2O2. The summed E-state index contributed by atoms with van der Waals surface area (Å²) in [4.78, 5) is 19.6. The Morgan fingerprint density at radius 2 is 0.950 bits per heavy atom. The second kappa shape index (κ2) is 17.4. The molecule has 0 radical (unpaired) electrons. The first-order chi connectivity index (χ1) is 9.20. The highest BCUT2D eigenvalue weighted by molar-refractivity contribution is 5.90. The van der Waals surface area contributed by atoms with Gasteiger partial charge in [-0.05, 0) is 13.8 Å². The maximum Gasteiger partial charge on any atom is 0.243 e. The molecule has 0 heterocycles. The van der Waals surface area contributed by atoms with Gasteiger partial charge in [-0.1, -0.05) is 65.5 Å². The zero-order chi connectivity index (χ0) is 16.6. The monoisotopic (exact) mass is 284 g/mol. The van der Waals surface area contributed by atoms with Gasteiger partial charge in [0.25, 0.3) is 0 Å². The Morgan fingerprint density at radius 1 is 0.750 bits per heavy atom. The molecule has 20 heavy (non-hydrogen) atoms. The molecule has 0 atom stereocenters. The van der Waals surface area contributed by atoms with Gasteiger partial charge < -0.3 is 11.5 Å². The third kappa shape index (κ3) is 29.9. The summed E-state index contributed by atoms with van der Waals surface area (Å²) in [5, 5.41) is 0. The van der Waals surface area contributed by atoms with Crippen molar-refractivity contribution in [2.24, 2.45) is 11.5 Å². The summed E-state index contributed by atoms with van der Waals surface area (Å²) in [5.74, 6) is -0.870. The summed E-state index contributed by atoms with van der Waals surface area (Å²) in [7, 11) is 0. The zero-order valence-corrected chi connectivity index (χ0v) is 13.6. The SMILES string of the molecule is C=C(C)C(N)=O.C=C(C)C(N)=O.CCCCCCCC. The molecule has 0 rings (SSSR count). The predicted molar refractivity (Wildman–Crippen MR) is 87.1 cm³/mol. The maximum atomic E-state index is 9.82. The van der Waals surface area contributed by atoms with Crippen molar-refractivity contribution in [1.82, 2.24) is 0 Å². The molecule has 4 heteroatoms. The van der Waals surface area contributed by atoms with Gasteiger partial charge in [0.2, 0.25) is 11.8 Å². The van der Waals surface area contributed by atoms with E-state index in [1.807, 2.05) is 0 Å². The van der Waals surface area contributed by atoms with Crippen molar-refractivity contribution in [2.75, 3.05) is 0 Å². The Balaban J connectivity index is -0.000000221. The minimum Gasteiger partial charge on any atom is -0.366 e. The van der Waals surface area contributed by atoms with Gasteiger partial charge >= 0.3 is 0 Å². The lowest BCUT2D eigenvalue weighted by Gasteiger charge is -1.93. The highest BCUT2D eigenvalue weighted by Gasteiger charge is 1.87. The molecule has 2 amide bonds. The average Bonchev–Trinajstić information content (AvgIpc) is 2.36. The highest BCUT2D eigenvalue weighted by atomic mass is 16.1. The molecule has 0 bridgehead atoms. The Morgan fingerprint density at radius 3 is 1.05 bits per heavy atom. The molecule has 0 aromatic rings. The fourth-order valence-corrected chi connectivity index (χ4v) is 0.854. The van der Waals surface area contributed by atoms with Crippen LogP contribution in [0.4, 0.5) is 0 Å². The predicted octanol–water partition coefficient (Wildman–Crippen LogP) is 3.46. The number of amides is 2. The first-order valence-electron chi connectivity index (χ1n) is 7.11. The van der Waals surface area contributed by atoms with Gasteiger partial charge in [0.15, 0.2) is 0 Å². The smallest absolute Gasteiger partial charge is 0.243 e. The summed E-state index contributed by atoms with van der Waals surface area (Å²) >= 11 is 0. The first kappa shape index (κ1) is 23.5. The van der Waals surface area contributed by atoms with Crippen LogP contribution in [0.25, 0.3) is 0 Å².